The van der Waals surface area contributed by atoms with Crippen molar-refractivity contribution in [2.75, 3.05) is 45.8 Å². The summed E-state index contributed by atoms with van der Waals surface area (Å²) < 4.78 is 0. The molecule has 3 nitrogen and oxygen atoms in total. The summed E-state index contributed by atoms with van der Waals surface area (Å²) in [6.45, 7) is 15.6. The van der Waals surface area contributed by atoms with Crippen LogP contribution >= 0.6 is 0 Å². The Morgan fingerprint density at radius 3 is 2.59 bits per heavy atom. The van der Waals surface area contributed by atoms with Gasteiger partial charge in [-0.3, -0.25) is 4.90 Å². The van der Waals surface area contributed by atoms with Gasteiger partial charge in [0.2, 0.25) is 0 Å². The number of fused-ring (bicyclic) bond motifs is 1. The third-order valence-corrected chi connectivity index (χ3v) is 4.84. The summed E-state index contributed by atoms with van der Waals surface area (Å²) in [5, 5.41) is 3.56. The molecule has 17 heavy (non-hydrogen) atoms. The van der Waals surface area contributed by atoms with E-state index in [-0.39, 0.29) is 0 Å². The first kappa shape index (κ1) is 13.3. The van der Waals surface area contributed by atoms with Crippen molar-refractivity contribution in [2.24, 2.45) is 11.8 Å². The molecular weight excluding hydrogens is 210 g/mol. The molecule has 0 bridgehead atoms. The van der Waals surface area contributed by atoms with Crippen molar-refractivity contribution in [1.29, 1.82) is 0 Å². The Morgan fingerprint density at radius 1 is 1.18 bits per heavy atom. The molecule has 0 aromatic rings. The van der Waals surface area contributed by atoms with E-state index in [1.807, 2.05) is 0 Å². The largest absolute Gasteiger partial charge is 0.316 e. The number of hydrogen-bond donors (Lipinski definition) is 1. The Bertz CT molecular complexity index is 228. The average Bonchev–Trinajstić information content (AvgIpc) is 2.90. The van der Waals surface area contributed by atoms with Crippen LogP contribution in [0.4, 0.5) is 0 Å². The van der Waals surface area contributed by atoms with E-state index in [4.69, 9.17) is 0 Å². The van der Waals surface area contributed by atoms with Gasteiger partial charge < -0.3 is 10.2 Å². The van der Waals surface area contributed by atoms with Crippen LogP contribution in [-0.4, -0.2) is 61.7 Å². The fraction of sp³-hybridized carbons (Fsp3) is 1.00. The van der Waals surface area contributed by atoms with Gasteiger partial charge in [-0.15, -0.1) is 0 Å². The summed E-state index contributed by atoms with van der Waals surface area (Å²) in [5.41, 5.74) is 0. The Labute approximate surface area is 107 Å². The molecule has 100 valence electrons. The van der Waals surface area contributed by atoms with Crippen molar-refractivity contribution < 1.29 is 0 Å². The first-order chi connectivity index (χ1) is 8.30. The van der Waals surface area contributed by atoms with Crippen molar-refractivity contribution in [3.05, 3.63) is 0 Å². The highest BCUT2D eigenvalue weighted by atomic mass is 15.2. The maximum Gasteiger partial charge on any atom is 0.0137 e. The van der Waals surface area contributed by atoms with Crippen molar-refractivity contribution in [3.63, 3.8) is 0 Å². The highest BCUT2D eigenvalue weighted by Crippen LogP contribution is 2.33. The Kier molecular flexibility index (Phi) is 4.83. The molecule has 3 heteroatoms. The molecule has 0 saturated carbocycles. The van der Waals surface area contributed by atoms with Gasteiger partial charge in [0, 0.05) is 25.7 Å². The van der Waals surface area contributed by atoms with Crippen LogP contribution in [0.5, 0.6) is 0 Å². The lowest BCUT2D eigenvalue weighted by Crippen LogP contribution is -2.40. The standard InChI is InChI=1S/C14H29N3/c1-4-14-13-10-15-9-12(13)11-17(14)8-7-16(5-2)6-3/h12-15H,4-11H2,1-3H3. The maximum atomic E-state index is 3.56. The maximum absolute atomic E-state index is 3.56. The van der Waals surface area contributed by atoms with Crippen molar-refractivity contribution >= 4 is 0 Å². The predicted octanol–water partition coefficient (Wildman–Crippen LogP) is 1.26. The van der Waals surface area contributed by atoms with Crippen molar-refractivity contribution in [1.82, 2.24) is 15.1 Å². The van der Waals surface area contributed by atoms with Gasteiger partial charge in [-0.25, -0.2) is 0 Å². The number of likely N-dealkylation sites (N-methyl/N-ethyl adjacent to an activating group) is 1. The van der Waals surface area contributed by atoms with E-state index in [0.717, 1.165) is 17.9 Å². The molecule has 0 aromatic carbocycles. The lowest BCUT2D eigenvalue weighted by atomic mass is 9.93. The minimum atomic E-state index is 0.838. The second kappa shape index (κ2) is 6.17. The molecule has 0 spiro atoms. The number of likely N-dealkylation sites (tertiary alicyclic amines) is 1. The van der Waals surface area contributed by atoms with Crippen molar-refractivity contribution in [3.8, 4) is 0 Å². The molecule has 3 atom stereocenters. The molecule has 2 aliphatic heterocycles. The summed E-state index contributed by atoms with van der Waals surface area (Å²) in [6.07, 6.45) is 1.32. The fourth-order valence-electron chi connectivity index (χ4n) is 3.74. The van der Waals surface area contributed by atoms with E-state index in [2.05, 4.69) is 35.9 Å². The van der Waals surface area contributed by atoms with Crippen LogP contribution in [0.15, 0.2) is 0 Å². The zero-order chi connectivity index (χ0) is 12.3. The van der Waals surface area contributed by atoms with E-state index in [0.29, 0.717) is 0 Å². The lowest BCUT2D eigenvalue weighted by Gasteiger charge is -2.29. The molecule has 2 heterocycles. The summed E-state index contributed by atoms with van der Waals surface area (Å²) in [5.74, 6) is 1.85. The van der Waals surface area contributed by atoms with Gasteiger partial charge in [0.15, 0.2) is 0 Å². The van der Waals surface area contributed by atoms with E-state index in [1.54, 1.807) is 0 Å². The van der Waals surface area contributed by atoms with Gasteiger partial charge in [-0.2, -0.15) is 0 Å². The number of hydrogen-bond acceptors (Lipinski definition) is 3. The normalized spacial score (nSPS) is 33.5. The quantitative estimate of drug-likeness (QED) is 0.753. The van der Waals surface area contributed by atoms with Gasteiger partial charge in [-0.05, 0) is 44.4 Å². The van der Waals surface area contributed by atoms with Crippen LogP contribution < -0.4 is 5.32 Å². The summed E-state index contributed by atoms with van der Waals surface area (Å²) in [6, 6.07) is 0.838. The van der Waals surface area contributed by atoms with Crippen LogP contribution in [0, 0.1) is 11.8 Å². The van der Waals surface area contributed by atoms with Gasteiger partial charge in [0.25, 0.3) is 0 Å². The third-order valence-electron chi connectivity index (χ3n) is 4.84. The minimum Gasteiger partial charge on any atom is -0.316 e. The molecule has 3 unspecified atom stereocenters. The highest BCUT2D eigenvalue weighted by molar-refractivity contribution is 4.97. The van der Waals surface area contributed by atoms with Crippen molar-refractivity contribution in [2.45, 2.75) is 33.2 Å². The first-order valence-corrected chi connectivity index (χ1v) is 7.47. The number of nitrogens with one attached hydrogen (secondary N) is 1. The lowest BCUT2D eigenvalue weighted by molar-refractivity contribution is 0.182. The van der Waals surface area contributed by atoms with Crippen LogP contribution in [0.3, 0.4) is 0 Å². The minimum absolute atomic E-state index is 0.838. The number of rotatable bonds is 6. The van der Waals surface area contributed by atoms with Crippen LogP contribution in [0.1, 0.15) is 27.2 Å². The second-order valence-corrected chi connectivity index (χ2v) is 5.58. The fourth-order valence-corrected chi connectivity index (χ4v) is 3.74. The second-order valence-electron chi connectivity index (χ2n) is 5.58. The zero-order valence-electron chi connectivity index (χ0n) is 11.8. The molecule has 2 rings (SSSR count). The van der Waals surface area contributed by atoms with Gasteiger partial charge in [-0.1, -0.05) is 20.8 Å². The average molecular weight is 239 g/mol. The third kappa shape index (κ3) is 2.83. The highest BCUT2D eigenvalue weighted by Gasteiger charge is 2.42. The summed E-state index contributed by atoms with van der Waals surface area (Å²) in [7, 11) is 0. The molecule has 0 amide bonds. The van der Waals surface area contributed by atoms with Crippen LogP contribution in [0.2, 0.25) is 0 Å². The van der Waals surface area contributed by atoms with E-state index in [9.17, 15) is 0 Å². The summed E-state index contributed by atoms with van der Waals surface area (Å²) in [4.78, 5) is 5.30. The molecule has 0 aliphatic carbocycles. The molecule has 2 fully saturated rings. The van der Waals surface area contributed by atoms with E-state index >= 15 is 0 Å². The molecule has 0 radical (unpaired) electrons. The van der Waals surface area contributed by atoms with Crippen LogP contribution in [-0.2, 0) is 0 Å². The van der Waals surface area contributed by atoms with E-state index in [1.165, 1.54) is 52.2 Å². The molecule has 2 saturated heterocycles. The van der Waals surface area contributed by atoms with Gasteiger partial charge >= 0.3 is 0 Å². The smallest absolute Gasteiger partial charge is 0.0137 e. The Balaban J connectivity index is 1.84. The molecule has 1 N–H and O–H groups in total. The molecule has 0 aromatic heterocycles. The summed E-state index contributed by atoms with van der Waals surface area (Å²) >= 11 is 0. The number of nitrogens with zero attached hydrogens (tertiary/aromatic N) is 2. The SMILES string of the molecule is CCC1C2CNCC2CN1CCN(CC)CC. The Morgan fingerprint density at radius 2 is 1.94 bits per heavy atom. The van der Waals surface area contributed by atoms with Gasteiger partial charge in [0.1, 0.15) is 0 Å². The van der Waals surface area contributed by atoms with Crippen LogP contribution in [0.25, 0.3) is 0 Å². The van der Waals surface area contributed by atoms with Gasteiger partial charge in [0.05, 0.1) is 0 Å². The predicted molar refractivity (Wildman–Crippen MR) is 73.3 cm³/mol. The first-order valence-electron chi connectivity index (χ1n) is 7.47. The monoisotopic (exact) mass is 239 g/mol. The van der Waals surface area contributed by atoms with E-state index < -0.39 is 0 Å². The zero-order valence-corrected chi connectivity index (χ0v) is 11.8. The molecule has 2 aliphatic rings. The topological polar surface area (TPSA) is 18.5 Å². The molecular formula is C14H29N3. The Hall–Kier alpha value is -0.120.